The molecule has 0 saturated carbocycles. The maximum absolute atomic E-state index is 12.1. The Morgan fingerprint density at radius 1 is 1.04 bits per heavy atom. The summed E-state index contributed by atoms with van der Waals surface area (Å²) in [6.07, 6.45) is 0. The van der Waals surface area contributed by atoms with Crippen LogP contribution in [-0.2, 0) is 4.79 Å². The third-order valence-electron chi connectivity index (χ3n) is 3.81. The van der Waals surface area contributed by atoms with Crippen LogP contribution in [-0.4, -0.2) is 29.8 Å². The number of ether oxygens (including phenoxy) is 2. The minimum absolute atomic E-state index is 0.175. The number of hydrogen-bond acceptors (Lipinski definition) is 6. The lowest BCUT2D eigenvalue weighted by Crippen LogP contribution is -2.21. The summed E-state index contributed by atoms with van der Waals surface area (Å²) in [5, 5.41) is 14.5. The van der Waals surface area contributed by atoms with Crippen molar-refractivity contribution < 1.29 is 14.3 Å². The van der Waals surface area contributed by atoms with Gasteiger partial charge in [0, 0.05) is 10.7 Å². The number of aryl methyl sites for hydroxylation is 1. The molecular formula is C20H19ClN4O3. The molecule has 1 heterocycles. The first kappa shape index (κ1) is 19.4. The highest BCUT2D eigenvalue weighted by atomic mass is 35.5. The molecular weight excluding hydrogens is 380 g/mol. The van der Waals surface area contributed by atoms with Crippen LogP contribution in [0.3, 0.4) is 0 Å². The summed E-state index contributed by atoms with van der Waals surface area (Å²) in [5.41, 5.74) is 1.86. The Labute approximate surface area is 167 Å². The molecule has 1 aromatic heterocycles. The van der Waals surface area contributed by atoms with Gasteiger partial charge in [0.2, 0.25) is 0 Å². The molecule has 0 radical (unpaired) electrons. The molecule has 0 fully saturated rings. The maximum atomic E-state index is 12.1. The van der Waals surface area contributed by atoms with Gasteiger partial charge in [-0.1, -0.05) is 23.7 Å². The van der Waals surface area contributed by atoms with Crippen molar-refractivity contribution in [2.24, 2.45) is 0 Å². The Bertz CT molecular complexity index is 964. The molecule has 28 heavy (non-hydrogen) atoms. The van der Waals surface area contributed by atoms with Crippen LogP contribution < -0.4 is 20.1 Å². The van der Waals surface area contributed by atoms with E-state index >= 15 is 0 Å². The Morgan fingerprint density at radius 3 is 2.43 bits per heavy atom. The standard InChI is InChI=1S/C20H19ClN4O3/c1-13-11-14(21)7-8-15(13)22-18-9-10-19(25-24-18)23-20(26)12-28-17-6-4-3-5-16(17)27-2/h3-11H,12H2,1-2H3,(H,22,24)(H,23,25,26). The van der Waals surface area contributed by atoms with Crippen molar-refractivity contribution in [3.05, 3.63) is 65.2 Å². The lowest BCUT2D eigenvalue weighted by atomic mass is 10.2. The van der Waals surface area contributed by atoms with Crippen LogP contribution in [0.5, 0.6) is 11.5 Å². The monoisotopic (exact) mass is 398 g/mol. The topological polar surface area (TPSA) is 85.4 Å². The second-order valence-electron chi connectivity index (χ2n) is 5.88. The molecule has 0 bridgehead atoms. The number of aromatic nitrogens is 2. The number of carbonyl (C=O) groups is 1. The molecule has 0 aliphatic rings. The molecule has 0 saturated heterocycles. The zero-order chi connectivity index (χ0) is 19.9. The number of benzene rings is 2. The zero-order valence-corrected chi connectivity index (χ0v) is 16.2. The molecule has 144 valence electrons. The number of rotatable bonds is 7. The average Bonchev–Trinajstić information content (AvgIpc) is 2.70. The number of hydrogen-bond donors (Lipinski definition) is 2. The van der Waals surface area contributed by atoms with E-state index in [1.54, 1.807) is 43.5 Å². The summed E-state index contributed by atoms with van der Waals surface area (Å²) in [5.74, 6) is 1.57. The Hall–Kier alpha value is -3.32. The van der Waals surface area contributed by atoms with Crippen molar-refractivity contribution in [1.82, 2.24) is 10.2 Å². The Balaban J connectivity index is 1.55. The number of halogens is 1. The first-order valence-corrected chi connectivity index (χ1v) is 8.85. The number of para-hydroxylation sites is 2. The minimum atomic E-state index is -0.352. The second-order valence-corrected chi connectivity index (χ2v) is 6.31. The van der Waals surface area contributed by atoms with Gasteiger partial charge in [-0.25, -0.2) is 0 Å². The number of amides is 1. The van der Waals surface area contributed by atoms with E-state index in [2.05, 4.69) is 20.8 Å². The number of methoxy groups -OCH3 is 1. The predicted octanol–water partition coefficient (Wildman–Crippen LogP) is 4.21. The lowest BCUT2D eigenvalue weighted by molar-refractivity contribution is -0.118. The molecule has 0 aliphatic carbocycles. The Morgan fingerprint density at radius 2 is 1.75 bits per heavy atom. The van der Waals surface area contributed by atoms with Gasteiger partial charge in [0.05, 0.1) is 7.11 Å². The molecule has 0 aliphatic heterocycles. The van der Waals surface area contributed by atoms with Gasteiger partial charge >= 0.3 is 0 Å². The smallest absolute Gasteiger partial charge is 0.263 e. The van der Waals surface area contributed by atoms with Crippen molar-refractivity contribution in [3.8, 4) is 11.5 Å². The van der Waals surface area contributed by atoms with E-state index in [-0.39, 0.29) is 12.5 Å². The normalized spacial score (nSPS) is 10.2. The van der Waals surface area contributed by atoms with Crippen molar-refractivity contribution in [1.29, 1.82) is 0 Å². The average molecular weight is 399 g/mol. The van der Waals surface area contributed by atoms with Gasteiger partial charge in [-0.05, 0) is 55.0 Å². The molecule has 3 rings (SSSR count). The van der Waals surface area contributed by atoms with Gasteiger partial charge in [0.25, 0.3) is 5.91 Å². The van der Waals surface area contributed by atoms with Crippen molar-refractivity contribution in [3.63, 3.8) is 0 Å². The maximum Gasteiger partial charge on any atom is 0.263 e. The highest BCUT2D eigenvalue weighted by Crippen LogP contribution is 2.25. The predicted molar refractivity (Wildman–Crippen MR) is 109 cm³/mol. The molecule has 0 unspecified atom stereocenters. The lowest BCUT2D eigenvalue weighted by Gasteiger charge is -2.11. The first-order valence-electron chi connectivity index (χ1n) is 8.48. The van der Waals surface area contributed by atoms with Gasteiger partial charge in [0.1, 0.15) is 0 Å². The van der Waals surface area contributed by atoms with Gasteiger partial charge < -0.3 is 20.1 Å². The molecule has 2 aromatic carbocycles. The van der Waals surface area contributed by atoms with E-state index in [0.717, 1.165) is 11.3 Å². The summed E-state index contributed by atoms with van der Waals surface area (Å²) < 4.78 is 10.7. The van der Waals surface area contributed by atoms with Crippen LogP contribution in [0, 0.1) is 6.92 Å². The van der Waals surface area contributed by atoms with Gasteiger partial charge in [-0.3, -0.25) is 4.79 Å². The van der Waals surface area contributed by atoms with Crippen LogP contribution in [0.15, 0.2) is 54.6 Å². The minimum Gasteiger partial charge on any atom is -0.493 e. The van der Waals surface area contributed by atoms with Crippen molar-refractivity contribution in [2.45, 2.75) is 6.92 Å². The van der Waals surface area contributed by atoms with E-state index in [1.807, 2.05) is 25.1 Å². The van der Waals surface area contributed by atoms with E-state index in [9.17, 15) is 4.79 Å². The summed E-state index contributed by atoms with van der Waals surface area (Å²) >= 11 is 5.96. The third kappa shape index (κ3) is 5.11. The van der Waals surface area contributed by atoms with E-state index in [1.165, 1.54) is 0 Å². The van der Waals surface area contributed by atoms with Crippen molar-refractivity contribution in [2.75, 3.05) is 24.4 Å². The number of nitrogens with zero attached hydrogens (tertiary/aromatic N) is 2. The molecule has 2 N–H and O–H groups in total. The zero-order valence-electron chi connectivity index (χ0n) is 15.4. The fourth-order valence-electron chi connectivity index (χ4n) is 2.43. The summed E-state index contributed by atoms with van der Waals surface area (Å²) in [7, 11) is 1.54. The summed E-state index contributed by atoms with van der Waals surface area (Å²) in [4.78, 5) is 12.1. The molecule has 0 spiro atoms. The fraction of sp³-hybridized carbons (Fsp3) is 0.150. The summed E-state index contributed by atoms with van der Waals surface area (Å²) in [6.45, 7) is 1.77. The fourth-order valence-corrected chi connectivity index (χ4v) is 2.66. The number of nitrogens with one attached hydrogen (secondary N) is 2. The third-order valence-corrected chi connectivity index (χ3v) is 4.05. The molecule has 7 nitrogen and oxygen atoms in total. The van der Waals surface area contributed by atoms with Crippen LogP contribution in [0.25, 0.3) is 0 Å². The Kier molecular flexibility index (Phi) is 6.29. The number of carbonyl (C=O) groups excluding carboxylic acids is 1. The van der Waals surface area contributed by atoms with Crippen molar-refractivity contribution >= 4 is 34.8 Å². The highest BCUT2D eigenvalue weighted by molar-refractivity contribution is 6.30. The highest BCUT2D eigenvalue weighted by Gasteiger charge is 2.09. The van der Waals surface area contributed by atoms with E-state index < -0.39 is 0 Å². The van der Waals surface area contributed by atoms with Crippen LogP contribution in [0.1, 0.15) is 5.56 Å². The largest absolute Gasteiger partial charge is 0.493 e. The molecule has 0 atom stereocenters. The number of anilines is 3. The van der Waals surface area contributed by atoms with Gasteiger partial charge in [-0.15, -0.1) is 10.2 Å². The van der Waals surface area contributed by atoms with E-state index in [4.69, 9.17) is 21.1 Å². The van der Waals surface area contributed by atoms with Gasteiger partial charge in [-0.2, -0.15) is 0 Å². The summed E-state index contributed by atoms with van der Waals surface area (Å²) in [6, 6.07) is 16.0. The first-order chi connectivity index (χ1) is 13.5. The van der Waals surface area contributed by atoms with Crippen LogP contribution >= 0.6 is 11.6 Å². The van der Waals surface area contributed by atoms with Crippen LogP contribution in [0.4, 0.5) is 17.3 Å². The van der Waals surface area contributed by atoms with E-state index in [0.29, 0.717) is 28.2 Å². The quantitative estimate of drug-likeness (QED) is 0.620. The molecule has 1 amide bonds. The molecule has 8 heteroatoms. The van der Waals surface area contributed by atoms with Gasteiger partial charge in [0.15, 0.2) is 29.7 Å². The second kappa shape index (κ2) is 9.05. The molecule has 3 aromatic rings. The van der Waals surface area contributed by atoms with Crippen LogP contribution in [0.2, 0.25) is 5.02 Å². The SMILES string of the molecule is COc1ccccc1OCC(=O)Nc1ccc(Nc2ccc(Cl)cc2C)nn1.